The van der Waals surface area contributed by atoms with Crippen LogP contribution >= 0.6 is 0 Å². The minimum Gasteiger partial charge on any atom is -0.477 e. The zero-order chi connectivity index (χ0) is 22.9. The van der Waals surface area contributed by atoms with Gasteiger partial charge in [0.05, 0.1) is 18.2 Å². The molecular weight excluding hydrogens is 440 g/mol. The van der Waals surface area contributed by atoms with E-state index in [2.05, 4.69) is 39.0 Å². The minimum atomic E-state index is -0.822. The average Bonchev–Trinajstić information content (AvgIpc) is 3.53. The van der Waals surface area contributed by atoms with Gasteiger partial charge in [-0.3, -0.25) is 4.21 Å². The van der Waals surface area contributed by atoms with E-state index in [1.54, 1.807) is 29.2 Å². The molecule has 0 aliphatic carbocycles. The zero-order valence-electron chi connectivity index (χ0n) is 19.1. The van der Waals surface area contributed by atoms with E-state index in [0.717, 1.165) is 42.0 Å². The van der Waals surface area contributed by atoms with Crippen molar-refractivity contribution in [3.05, 3.63) is 36.7 Å². The maximum atomic E-state index is 11.2. The molecule has 0 N–H and O–H groups in total. The molecule has 1 saturated heterocycles. The summed E-state index contributed by atoms with van der Waals surface area (Å²) in [5.74, 6) is 2.74. The van der Waals surface area contributed by atoms with Crippen molar-refractivity contribution in [1.29, 1.82) is 0 Å². The monoisotopic (exact) mass is 468 g/mol. The molecule has 0 amide bonds. The Balaban J connectivity index is 1.44. The highest BCUT2D eigenvalue weighted by atomic mass is 32.2. The fraction of sp³-hybridized carbons (Fsp3) is 0.435. The van der Waals surface area contributed by atoms with Crippen LogP contribution in [0.1, 0.15) is 12.8 Å². The molecule has 4 aromatic heterocycles. The number of ether oxygens (including phenoxy) is 1. The molecule has 2 unspecified atom stereocenters. The molecule has 5 rings (SSSR count). The van der Waals surface area contributed by atoms with Crippen molar-refractivity contribution in [1.82, 2.24) is 24.5 Å². The smallest absolute Gasteiger partial charge is 0.231 e. The number of hydrogen-bond acceptors (Lipinski definition) is 8. The largest absolute Gasteiger partial charge is 0.477 e. The summed E-state index contributed by atoms with van der Waals surface area (Å²) in [6.07, 6.45) is 7.08. The highest BCUT2D eigenvalue weighted by Gasteiger charge is 2.27. The van der Waals surface area contributed by atoms with Gasteiger partial charge in [-0.25, -0.2) is 14.5 Å². The summed E-state index contributed by atoms with van der Waals surface area (Å²) in [5.41, 5.74) is 2.25. The second kappa shape index (κ2) is 9.11. The van der Waals surface area contributed by atoms with Crippen LogP contribution in [-0.4, -0.2) is 80.5 Å². The molecule has 1 fully saturated rings. The molecule has 10 heteroatoms. The molecule has 1 aliphatic heterocycles. The molecule has 0 spiro atoms. The molecule has 2 atom stereocenters. The molecule has 5 heterocycles. The SMILES string of the molecule is CN(C)C1CCN(c2nccc3oc(-c4cnc5ccc(OCCCS(C)=O)nn45)cc23)C1. The standard InChI is InChI=1S/C23H28N6O3S/c1-27(2)16-8-10-28(15-16)23-17-13-20(32-19(17)7-9-24-23)18-14-25-21-5-6-22(26-29(18)21)31-11-4-12-33(3)30/h5-7,9,13-14,16H,4,8,10-12,15H2,1-3H3. The van der Waals surface area contributed by atoms with E-state index < -0.39 is 10.8 Å². The van der Waals surface area contributed by atoms with Gasteiger partial charge in [-0.1, -0.05) is 0 Å². The van der Waals surface area contributed by atoms with Crippen LogP contribution in [0.15, 0.2) is 41.1 Å². The molecule has 174 valence electrons. The van der Waals surface area contributed by atoms with Crippen molar-refractivity contribution in [3.63, 3.8) is 0 Å². The third-order valence-electron chi connectivity index (χ3n) is 6.03. The molecule has 0 bridgehead atoms. The molecule has 9 nitrogen and oxygen atoms in total. The number of rotatable bonds is 8. The van der Waals surface area contributed by atoms with Gasteiger partial charge in [0.1, 0.15) is 17.1 Å². The predicted octanol–water partition coefficient (Wildman–Crippen LogP) is 2.83. The number of fused-ring (bicyclic) bond motifs is 2. The summed E-state index contributed by atoms with van der Waals surface area (Å²) in [7, 11) is 3.42. The Morgan fingerprint density at radius 3 is 2.94 bits per heavy atom. The van der Waals surface area contributed by atoms with Crippen LogP contribution in [0.5, 0.6) is 5.88 Å². The number of hydrogen-bond donors (Lipinski definition) is 0. The zero-order valence-corrected chi connectivity index (χ0v) is 19.9. The average molecular weight is 469 g/mol. The molecule has 33 heavy (non-hydrogen) atoms. The first-order valence-corrected chi connectivity index (χ1v) is 12.8. The number of furan rings is 1. The first kappa shape index (κ1) is 21.8. The molecule has 0 saturated carbocycles. The van der Waals surface area contributed by atoms with Crippen LogP contribution in [0.3, 0.4) is 0 Å². The van der Waals surface area contributed by atoms with E-state index in [1.807, 2.05) is 18.2 Å². The van der Waals surface area contributed by atoms with Crippen LogP contribution in [-0.2, 0) is 10.8 Å². The van der Waals surface area contributed by atoms with Gasteiger partial charge in [0.15, 0.2) is 11.4 Å². The normalized spacial score (nSPS) is 17.5. The van der Waals surface area contributed by atoms with E-state index in [1.165, 1.54) is 0 Å². The third kappa shape index (κ3) is 4.45. The Labute approximate surface area is 194 Å². The van der Waals surface area contributed by atoms with Crippen molar-refractivity contribution < 1.29 is 13.4 Å². The summed E-state index contributed by atoms with van der Waals surface area (Å²) in [6.45, 7) is 2.38. The van der Waals surface area contributed by atoms with Gasteiger partial charge in [0.25, 0.3) is 0 Å². The van der Waals surface area contributed by atoms with Gasteiger partial charge in [-0.05, 0) is 45.1 Å². The lowest BCUT2D eigenvalue weighted by Gasteiger charge is -2.21. The lowest BCUT2D eigenvalue weighted by atomic mass is 10.2. The van der Waals surface area contributed by atoms with Crippen LogP contribution in [0.25, 0.3) is 28.1 Å². The summed E-state index contributed by atoms with van der Waals surface area (Å²) in [5, 5.41) is 5.58. The summed E-state index contributed by atoms with van der Waals surface area (Å²) in [6, 6.07) is 8.10. The summed E-state index contributed by atoms with van der Waals surface area (Å²) in [4.78, 5) is 13.7. The first-order chi connectivity index (χ1) is 16.0. The summed E-state index contributed by atoms with van der Waals surface area (Å²) >= 11 is 0. The second-order valence-electron chi connectivity index (χ2n) is 8.57. The molecule has 0 radical (unpaired) electrons. The fourth-order valence-corrected chi connectivity index (χ4v) is 4.75. The number of imidazole rings is 1. The fourth-order valence-electron chi connectivity index (χ4n) is 4.22. The highest BCUT2D eigenvalue weighted by Crippen LogP contribution is 2.34. The van der Waals surface area contributed by atoms with E-state index >= 15 is 0 Å². The van der Waals surface area contributed by atoms with E-state index in [9.17, 15) is 4.21 Å². The van der Waals surface area contributed by atoms with Gasteiger partial charge in [-0.2, -0.15) is 0 Å². The maximum Gasteiger partial charge on any atom is 0.231 e. The van der Waals surface area contributed by atoms with Crippen LogP contribution < -0.4 is 9.64 Å². The molecule has 4 aromatic rings. The van der Waals surface area contributed by atoms with Crippen molar-refractivity contribution in [2.24, 2.45) is 0 Å². The lowest BCUT2D eigenvalue weighted by molar-refractivity contribution is 0.301. The predicted molar refractivity (Wildman–Crippen MR) is 129 cm³/mol. The molecule has 0 aromatic carbocycles. The van der Waals surface area contributed by atoms with E-state index in [4.69, 9.17) is 9.15 Å². The number of anilines is 1. The Kier molecular flexibility index (Phi) is 6.03. The maximum absolute atomic E-state index is 11.2. The Bertz CT molecular complexity index is 1300. The first-order valence-electron chi connectivity index (χ1n) is 11.1. The van der Waals surface area contributed by atoms with E-state index in [-0.39, 0.29) is 0 Å². The number of aromatic nitrogens is 4. The van der Waals surface area contributed by atoms with Gasteiger partial charge in [0, 0.05) is 54.2 Å². The van der Waals surface area contributed by atoms with Crippen molar-refractivity contribution in [2.75, 3.05) is 50.7 Å². The Morgan fingerprint density at radius 1 is 1.27 bits per heavy atom. The topological polar surface area (TPSA) is 89.0 Å². The summed E-state index contributed by atoms with van der Waals surface area (Å²) < 4.78 is 24.9. The lowest BCUT2D eigenvalue weighted by Crippen LogP contribution is -2.31. The highest BCUT2D eigenvalue weighted by molar-refractivity contribution is 7.84. The quantitative estimate of drug-likeness (QED) is 0.365. The molecule has 1 aliphatic rings. The van der Waals surface area contributed by atoms with Crippen molar-refractivity contribution >= 4 is 33.2 Å². The second-order valence-corrected chi connectivity index (χ2v) is 10.1. The van der Waals surface area contributed by atoms with E-state index in [0.29, 0.717) is 42.1 Å². The van der Waals surface area contributed by atoms with Crippen molar-refractivity contribution in [2.45, 2.75) is 18.9 Å². The number of pyridine rings is 1. The van der Waals surface area contributed by atoms with Gasteiger partial charge < -0.3 is 19.0 Å². The number of nitrogens with zero attached hydrogens (tertiary/aromatic N) is 6. The number of likely N-dealkylation sites (N-methyl/N-ethyl adjacent to an activating group) is 1. The van der Waals surface area contributed by atoms with Gasteiger partial charge in [0.2, 0.25) is 5.88 Å². The van der Waals surface area contributed by atoms with Crippen LogP contribution in [0, 0.1) is 0 Å². The Morgan fingerprint density at radius 2 is 2.15 bits per heavy atom. The minimum absolute atomic E-state index is 0.464. The van der Waals surface area contributed by atoms with Crippen LogP contribution in [0.2, 0.25) is 0 Å². The van der Waals surface area contributed by atoms with Gasteiger partial charge in [-0.15, -0.1) is 5.10 Å². The Hall–Kier alpha value is -2.98. The van der Waals surface area contributed by atoms with Crippen LogP contribution in [0.4, 0.5) is 5.82 Å². The third-order valence-corrected chi connectivity index (χ3v) is 6.90. The van der Waals surface area contributed by atoms with Crippen molar-refractivity contribution in [3.8, 4) is 17.3 Å². The van der Waals surface area contributed by atoms with Gasteiger partial charge >= 0.3 is 0 Å². The molecular formula is C23H28N6O3S.